The number of nitrogens with two attached hydrogens (primary N) is 1. The van der Waals surface area contributed by atoms with E-state index in [9.17, 15) is 4.79 Å². The summed E-state index contributed by atoms with van der Waals surface area (Å²) in [4.78, 5) is 11.7. The van der Waals surface area contributed by atoms with Crippen LogP contribution in [0.5, 0.6) is 0 Å². The maximum atomic E-state index is 10.7. The van der Waals surface area contributed by atoms with Gasteiger partial charge in [0.2, 0.25) is 0 Å². The van der Waals surface area contributed by atoms with Crippen LogP contribution >= 0.6 is 11.8 Å². The van der Waals surface area contributed by atoms with Crippen LogP contribution in [0.4, 0.5) is 5.69 Å². The molecule has 1 unspecified atom stereocenters. The summed E-state index contributed by atoms with van der Waals surface area (Å²) in [5.41, 5.74) is 7.37. The third-order valence-electron chi connectivity index (χ3n) is 2.04. The van der Waals surface area contributed by atoms with Gasteiger partial charge in [0.25, 0.3) is 0 Å². The maximum Gasteiger partial charge on any atom is 0.317 e. The van der Waals surface area contributed by atoms with E-state index in [0.717, 1.165) is 10.5 Å². The third-order valence-corrected chi connectivity index (χ3v) is 3.33. The highest BCUT2D eigenvalue weighted by molar-refractivity contribution is 8.01. The average molecular weight is 195 g/mol. The Morgan fingerprint density at radius 2 is 2.38 bits per heavy atom. The molecule has 13 heavy (non-hydrogen) atoms. The molecule has 2 rings (SSSR count). The Hall–Kier alpha value is -1.16. The van der Waals surface area contributed by atoms with Gasteiger partial charge in [0.1, 0.15) is 5.25 Å². The largest absolute Gasteiger partial charge is 0.480 e. The van der Waals surface area contributed by atoms with E-state index in [-0.39, 0.29) is 5.25 Å². The Bertz CT molecular complexity index is 365. The highest BCUT2D eigenvalue weighted by Gasteiger charge is 2.27. The van der Waals surface area contributed by atoms with Gasteiger partial charge in [-0.25, -0.2) is 0 Å². The zero-order chi connectivity index (χ0) is 9.42. The second-order valence-corrected chi connectivity index (χ2v) is 4.26. The molecule has 0 aromatic heterocycles. The fraction of sp³-hybridized carbons (Fsp3) is 0.222. The summed E-state index contributed by atoms with van der Waals surface area (Å²) < 4.78 is 0. The number of carbonyl (C=O) groups is 1. The number of carboxylic acid groups (broad SMARTS) is 1. The van der Waals surface area contributed by atoms with E-state index in [1.165, 1.54) is 11.8 Å². The lowest BCUT2D eigenvalue weighted by atomic mass is 10.1. The molecule has 1 aromatic carbocycles. The summed E-state index contributed by atoms with van der Waals surface area (Å²) in [5.74, 6) is -0.750. The quantitative estimate of drug-likeness (QED) is 0.664. The van der Waals surface area contributed by atoms with Gasteiger partial charge in [-0.15, -0.1) is 11.8 Å². The van der Waals surface area contributed by atoms with Crippen molar-refractivity contribution in [3.05, 3.63) is 23.8 Å². The number of hydrogen-bond acceptors (Lipinski definition) is 3. The van der Waals surface area contributed by atoms with Gasteiger partial charge in [-0.05, 0) is 24.1 Å². The summed E-state index contributed by atoms with van der Waals surface area (Å²) in [5, 5.41) is 8.47. The van der Waals surface area contributed by atoms with Gasteiger partial charge < -0.3 is 10.8 Å². The number of rotatable bonds is 1. The van der Waals surface area contributed by atoms with Crippen molar-refractivity contribution in [2.75, 3.05) is 5.73 Å². The van der Waals surface area contributed by atoms with Gasteiger partial charge in [0.05, 0.1) is 0 Å². The molecule has 3 N–H and O–H groups in total. The predicted molar refractivity (Wildman–Crippen MR) is 51.8 cm³/mol. The first-order valence-electron chi connectivity index (χ1n) is 3.94. The standard InChI is InChI=1S/C9H9NO2S/c10-6-2-1-5-3-8(9(11)12)13-7(5)4-6/h1-2,4,8H,3,10H2,(H,11,12). The number of anilines is 1. The van der Waals surface area contributed by atoms with E-state index >= 15 is 0 Å². The van der Waals surface area contributed by atoms with Crippen molar-refractivity contribution >= 4 is 23.4 Å². The SMILES string of the molecule is Nc1ccc2c(c1)SC(C(=O)O)C2. The molecular formula is C9H9NO2S. The van der Waals surface area contributed by atoms with E-state index in [0.29, 0.717) is 12.1 Å². The molecule has 0 saturated heterocycles. The van der Waals surface area contributed by atoms with E-state index < -0.39 is 5.97 Å². The Balaban J connectivity index is 2.30. The van der Waals surface area contributed by atoms with Crippen molar-refractivity contribution in [2.24, 2.45) is 0 Å². The summed E-state index contributed by atoms with van der Waals surface area (Å²) in [6, 6.07) is 5.55. The molecule has 1 heterocycles. The Kier molecular flexibility index (Phi) is 1.92. The molecule has 1 aromatic rings. The second kappa shape index (κ2) is 2.96. The van der Waals surface area contributed by atoms with Crippen molar-refractivity contribution in [1.82, 2.24) is 0 Å². The van der Waals surface area contributed by atoms with Crippen molar-refractivity contribution in [3.8, 4) is 0 Å². The zero-order valence-corrected chi connectivity index (χ0v) is 7.67. The number of fused-ring (bicyclic) bond motifs is 1. The molecule has 0 spiro atoms. The van der Waals surface area contributed by atoms with Crippen LogP contribution in [0.2, 0.25) is 0 Å². The lowest BCUT2D eigenvalue weighted by Crippen LogP contribution is -2.14. The van der Waals surface area contributed by atoms with E-state index in [1.54, 1.807) is 0 Å². The predicted octanol–water partition coefficient (Wildman–Crippen LogP) is 1.37. The minimum Gasteiger partial charge on any atom is -0.480 e. The fourth-order valence-electron chi connectivity index (χ4n) is 1.38. The first-order chi connectivity index (χ1) is 6.16. The lowest BCUT2D eigenvalue weighted by Gasteiger charge is -1.98. The van der Waals surface area contributed by atoms with Crippen LogP contribution in [0.15, 0.2) is 23.1 Å². The molecule has 0 aliphatic carbocycles. The number of hydrogen-bond donors (Lipinski definition) is 2. The third kappa shape index (κ3) is 1.49. The van der Waals surface area contributed by atoms with Crippen LogP contribution in [-0.4, -0.2) is 16.3 Å². The first kappa shape index (κ1) is 8.44. The summed E-state index contributed by atoms with van der Waals surface area (Å²) in [6.45, 7) is 0. The molecule has 1 atom stereocenters. The van der Waals surface area contributed by atoms with E-state index in [4.69, 9.17) is 10.8 Å². The van der Waals surface area contributed by atoms with Crippen LogP contribution in [0.1, 0.15) is 5.56 Å². The Morgan fingerprint density at radius 3 is 3.08 bits per heavy atom. The van der Waals surface area contributed by atoms with Gasteiger partial charge in [0.15, 0.2) is 0 Å². The van der Waals surface area contributed by atoms with Gasteiger partial charge in [0, 0.05) is 10.6 Å². The van der Waals surface area contributed by atoms with Gasteiger partial charge in [-0.2, -0.15) is 0 Å². The van der Waals surface area contributed by atoms with Crippen LogP contribution in [0.3, 0.4) is 0 Å². The molecule has 0 radical (unpaired) electrons. The monoisotopic (exact) mass is 195 g/mol. The fourth-order valence-corrected chi connectivity index (χ4v) is 2.56. The molecule has 4 heteroatoms. The number of benzene rings is 1. The normalized spacial score (nSPS) is 19.8. The molecular weight excluding hydrogens is 186 g/mol. The molecule has 0 saturated carbocycles. The minimum atomic E-state index is -0.750. The number of carboxylic acids is 1. The molecule has 0 bridgehead atoms. The van der Waals surface area contributed by atoms with Crippen LogP contribution in [0, 0.1) is 0 Å². The second-order valence-electron chi connectivity index (χ2n) is 3.02. The highest BCUT2D eigenvalue weighted by Crippen LogP contribution is 2.37. The summed E-state index contributed by atoms with van der Waals surface area (Å²) >= 11 is 1.38. The van der Waals surface area contributed by atoms with Crippen LogP contribution in [-0.2, 0) is 11.2 Å². The van der Waals surface area contributed by atoms with Gasteiger partial charge >= 0.3 is 5.97 Å². The Labute approximate surface area is 79.9 Å². The van der Waals surface area contributed by atoms with Crippen molar-refractivity contribution < 1.29 is 9.90 Å². The van der Waals surface area contributed by atoms with Crippen LogP contribution < -0.4 is 5.73 Å². The number of aliphatic carboxylic acids is 1. The maximum absolute atomic E-state index is 10.7. The summed E-state index contributed by atoms with van der Waals surface area (Å²) in [7, 11) is 0. The topological polar surface area (TPSA) is 63.3 Å². The first-order valence-corrected chi connectivity index (χ1v) is 4.82. The number of thioether (sulfide) groups is 1. The highest BCUT2D eigenvalue weighted by atomic mass is 32.2. The average Bonchev–Trinajstić information content (AvgIpc) is 2.46. The number of nitrogen functional groups attached to an aromatic ring is 1. The van der Waals surface area contributed by atoms with Crippen LogP contribution in [0.25, 0.3) is 0 Å². The minimum absolute atomic E-state index is 0.336. The van der Waals surface area contributed by atoms with Crippen molar-refractivity contribution in [2.45, 2.75) is 16.6 Å². The zero-order valence-electron chi connectivity index (χ0n) is 6.86. The molecule has 0 fully saturated rings. The van der Waals surface area contributed by atoms with E-state index in [1.807, 2.05) is 18.2 Å². The van der Waals surface area contributed by atoms with E-state index in [2.05, 4.69) is 0 Å². The molecule has 68 valence electrons. The molecule has 1 aliphatic heterocycles. The molecule has 0 amide bonds. The smallest absolute Gasteiger partial charge is 0.317 e. The van der Waals surface area contributed by atoms with Gasteiger partial charge in [-0.3, -0.25) is 4.79 Å². The Morgan fingerprint density at radius 1 is 1.62 bits per heavy atom. The lowest BCUT2D eigenvalue weighted by molar-refractivity contribution is -0.136. The van der Waals surface area contributed by atoms with Gasteiger partial charge in [-0.1, -0.05) is 6.07 Å². The molecule has 3 nitrogen and oxygen atoms in total. The summed E-state index contributed by atoms with van der Waals surface area (Å²) in [6.07, 6.45) is 0.607. The van der Waals surface area contributed by atoms with Crippen molar-refractivity contribution in [1.29, 1.82) is 0 Å². The molecule has 1 aliphatic rings. The van der Waals surface area contributed by atoms with Crippen molar-refractivity contribution in [3.63, 3.8) is 0 Å².